The first-order valence-electron chi connectivity index (χ1n) is 6.75. The van der Waals surface area contributed by atoms with Crippen molar-refractivity contribution < 1.29 is 9.53 Å². The Bertz CT molecular complexity index is 376. The topological polar surface area (TPSA) is 50.4 Å². The van der Waals surface area contributed by atoms with E-state index in [-0.39, 0.29) is 11.9 Å². The molecule has 1 atom stereocenters. The van der Waals surface area contributed by atoms with Gasteiger partial charge in [-0.25, -0.2) is 0 Å². The van der Waals surface area contributed by atoms with Gasteiger partial charge < -0.3 is 15.4 Å². The van der Waals surface area contributed by atoms with Crippen molar-refractivity contribution in [3.8, 4) is 5.75 Å². The summed E-state index contributed by atoms with van der Waals surface area (Å²) in [4.78, 5) is 11.0. The Hall–Kier alpha value is -1.55. The number of amides is 1. The summed E-state index contributed by atoms with van der Waals surface area (Å²) in [6, 6.07) is 8.31. The minimum atomic E-state index is 0.0883. The second kappa shape index (κ2) is 8.53. The zero-order valence-electron chi connectivity index (χ0n) is 12.0. The average molecular weight is 264 g/mol. The van der Waals surface area contributed by atoms with Crippen molar-refractivity contribution in [2.24, 2.45) is 0 Å². The van der Waals surface area contributed by atoms with E-state index in [9.17, 15) is 4.79 Å². The summed E-state index contributed by atoms with van der Waals surface area (Å²) >= 11 is 0. The van der Waals surface area contributed by atoms with E-state index in [0.717, 1.165) is 18.7 Å². The molecule has 0 fully saturated rings. The summed E-state index contributed by atoms with van der Waals surface area (Å²) < 4.78 is 5.68. The number of hydrogen-bond acceptors (Lipinski definition) is 3. The molecule has 0 aliphatic carbocycles. The van der Waals surface area contributed by atoms with E-state index in [4.69, 9.17) is 4.74 Å². The lowest BCUT2D eigenvalue weighted by atomic mass is 10.2. The predicted octanol–water partition coefficient (Wildman–Crippen LogP) is 1.88. The third kappa shape index (κ3) is 6.82. The van der Waals surface area contributed by atoms with Gasteiger partial charge in [0.25, 0.3) is 0 Å². The van der Waals surface area contributed by atoms with Crippen LogP contribution in [0.15, 0.2) is 24.3 Å². The molecule has 0 radical (unpaired) electrons. The van der Waals surface area contributed by atoms with Gasteiger partial charge in [0.15, 0.2) is 0 Å². The van der Waals surface area contributed by atoms with E-state index in [1.54, 1.807) is 7.05 Å². The molecule has 0 aliphatic rings. The van der Waals surface area contributed by atoms with Gasteiger partial charge >= 0.3 is 0 Å². The lowest BCUT2D eigenvalue weighted by molar-refractivity contribution is -0.120. The van der Waals surface area contributed by atoms with Crippen molar-refractivity contribution in [3.05, 3.63) is 29.8 Å². The van der Waals surface area contributed by atoms with Gasteiger partial charge in [-0.3, -0.25) is 4.79 Å². The minimum Gasteiger partial charge on any atom is -0.492 e. The number of carbonyl (C=O) groups is 1. The maximum atomic E-state index is 11.0. The van der Waals surface area contributed by atoms with Gasteiger partial charge in [-0.15, -0.1) is 0 Å². The SMILES string of the molecule is CNC(=O)CCCNC(C)COc1ccc(C)cc1. The first-order chi connectivity index (χ1) is 9.11. The second-order valence-electron chi connectivity index (χ2n) is 4.76. The molecule has 1 rings (SSSR count). The van der Waals surface area contributed by atoms with Gasteiger partial charge in [0.05, 0.1) is 0 Å². The zero-order valence-corrected chi connectivity index (χ0v) is 12.0. The molecule has 106 valence electrons. The monoisotopic (exact) mass is 264 g/mol. The third-order valence-electron chi connectivity index (χ3n) is 2.87. The average Bonchev–Trinajstić information content (AvgIpc) is 2.42. The van der Waals surface area contributed by atoms with Gasteiger partial charge in [-0.1, -0.05) is 17.7 Å². The van der Waals surface area contributed by atoms with E-state index in [0.29, 0.717) is 13.0 Å². The molecule has 0 aromatic heterocycles. The maximum absolute atomic E-state index is 11.0. The van der Waals surface area contributed by atoms with Gasteiger partial charge in [0.1, 0.15) is 12.4 Å². The molecule has 1 aromatic carbocycles. The van der Waals surface area contributed by atoms with Crippen LogP contribution in [0.25, 0.3) is 0 Å². The highest BCUT2D eigenvalue weighted by molar-refractivity contribution is 5.75. The van der Waals surface area contributed by atoms with Crippen LogP contribution in [0, 0.1) is 6.92 Å². The molecule has 1 aromatic rings. The lowest BCUT2D eigenvalue weighted by Gasteiger charge is -2.15. The molecule has 19 heavy (non-hydrogen) atoms. The summed E-state index contributed by atoms with van der Waals surface area (Å²) in [6.45, 7) is 5.59. The van der Waals surface area contributed by atoms with Crippen LogP contribution in [-0.4, -0.2) is 32.1 Å². The molecule has 0 bridgehead atoms. The largest absolute Gasteiger partial charge is 0.492 e. The van der Waals surface area contributed by atoms with E-state index >= 15 is 0 Å². The summed E-state index contributed by atoms with van der Waals surface area (Å²) in [5.74, 6) is 0.981. The summed E-state index contributed by atoms with van der Waals surface area (Å²) in [6.07, 6.45) is 1.41. The standard InChI is InChI=1S/C15H24N2O2/c1-12-6-8-14(9-7-12)19-11-13(2)17-10-4-5-15(18)16-3/h6-9,13,17H,4-5,10-11H2,1-3H3,(H,16,18). The zero-order chi connectivity index (χ0) is 14.1. The summed E-state index contributed by atoms with van der Waals surface area (Å²) in [5, 5.41) is 5.95. The van der Waals surface area contributed by atoms with Crippen LogP contribution in [0.2, 0.25) is 0 Å². The highest BCUT2D eigenvalue weighted by Gasteiger charge is 2.03. The van der Waals surface area contributed by atoms with E-state index in [1.807, 2.05) is 24.3 Å². The maximum Gasteiger partial charge on any atom is 0.219 e. The fourth-order valence-corrected chi connectivity index (χ4v) is 1.64. The quantitative estimate of drug-likeness (QED) is 0.705. The first-order valence-corrected chi connectivity index (χ1v) is 6.75. The fraction of sp³-hybridized carbons (Fsp3) is 0.533. The molecule has 4 heteroatoms. The van der Waals surface area contributed by atoms with Crippen molar-refractivity contribution in [1.82, 2.24) is 10.6 Å². The Morgan fingerprint density at radius 1 is 1.32 bits per heavy atom. The van der Waals surface area contributed by atoms with Crippen molar-refractivity contribution in [2.75, 3.05) is 20.2 Å². The Morgan fingerprint density at radius 3 is 2.63 bits per heavy atom. The molecule has 1 unspecified atom stereocenters. The Morgan fingerprint density at radius 2 is 2.00 bits per heavy atom. The summed E-state index contributed by atoms with van der Waals surface area (Å²) in [5.41, 5.74) is 1.23. The first kappa shape index (κ1) is 15.5. The van der Waals surface area contributed by atoms with Crippen molar-refractivity contribution in [1.29, 1.82) is 0 Å². The van der Waals surface area contributed by atoms with Crippen LogP contribution in [0.5, 0.6) is 5.75 Å². The van der Waals surface area contributed by atoms with Crippen molar-refractivity contribution in [2.45, 2.75) is 32.7 Å². The molecule has 2 N–H and O–H groups in total. The van der Waals surface area contributed by atoms with Gasteiger partial charge in [0, 0.05) is 19.5 Å². The number of hydrogen-bond donors (Lipinski definition) is 2. The second-order valence-corrected chi connectivity index (χ2v) is 4.76. The van der Waals surface area contributed by atoms with Gasteiger partial charge in [0.2, 0.25) is 5.91 Å². The number of ether oxygens (including phenoxy) is 1. The molecular weight excluding hydrogens is 240 g/mol. The molecule has 1 amide bonds. The van der Waals surface area contributed by atoms with Crippen LogP contribution in [-0.2, 0) is 4.79 Å². The van der Waals surface area contributed by atoms with Crippen LogP contribution in [0.1, 0.15) is 25.3 Å². The molecule has 4 nitrogen and oxygen atoms in total. The molecule has 0 saturated heterocycles. The molecule has 0 aliphatic heterocycles. The highest BCUT2D eigenvalue weighted by Crippen LogP contribution is 2.11. The number of aryl methyl sites for hydroxylation is 1. The van der Waals surface area contributed by atoms with Crippen LogP contribution in [0.4, 0.5) is 0 Å². The number of benzene rings is 1. The molecular formula is C15H24N2O2. The normalized spacial score (nSPS) is 11.9. The molecule has 0 spiro atoms. The van der Waals surface area contributed by atoms with Gasteiger partial charge in [-0.2, -0.15) is 0 Å². The third-order valence-corrected chi connectivity index (χ3v) is 2.87. The number of carbonyl (C=O) groups excluding carboxylic acids is 1. The number of rotatable bonds is 8. The predicted molar refractivity (Wildman–Crippen MR) is 77.4 cm³/mol. The van der Waals surface area contributed by atoms with E-state index in [2.05, 4.69) is 24.5 Å². The Kier molecular flexibility index (Phi) is 6.97. The lowest BCUT2D eigenvalue weighted by Crippen LogP contribution is -2.33. The molecule has 0 saturated carbocycles. The van der Waals surface area contributed by atoms with Crippen LogP contribution >= 0.6 is 0 Å². The highest BCUT2D eigenvalue weighted by atomic mass is 16.5. The van der Waals surface area contributed by atoms with Crippen molar-refractivity contribution >= 4 is 5.91 Å². The van der Waals surface area contributed by atoms with Gasteiger partial charge in [-0.05, 0) is 38.9 Å². The van der Waals surface area contributed by atoms with Crippen molar-refractivity contribution in [3.63, 3.8) is 0 Å². The molecule has 0 heterocycles. The van der Waals surface area contributed by atoms with E-state index in [1.165, 1.54) is 5.56 Å². The van der Waals surface area contributed by atoms with Crippen LogP contribution < -0.4 is 15.4 Å². The van der Waals surface area contributed by atoms with E-state index < -0.39 is 0 Å². The summed E-state index contributed by atoms with van der Waals surface area (Å²) in [7, 11) is 1.66. The van der Waals surface area contributed by atoms with Crippen LogP contribution in [0.3, 0.4) is 0 Å². The Labute approximate surface area is 115 Å². The smallest absolute Gasteiger partial charge is 0.219 e. The fourth-order valence-electron chi connectivity index (χ4n) is 1.64. The minimum absolute atomic E-state index is 0.0883. The number of nitrogens with one attached hydrogen (secondary N) is 2. The Balaban J connectivity index is 2.12.